The average molecular weight is 298 g/mol. The van der Waals surface area contributed by atoms with Gasteiger partial charge in [-0.25, -0.2) is 0 Å². The number of halogens is 2. The van der Waals surface area contributed by atoms with Crippen molar-refractivity contribution < 1.29 is 0 Å². The molecule has 4 heteroatoms. The lowest BCUT2D eigenvalue weighted by atomic mass is 10.2. The zero-order chi connectivity index (χ0) is 13.0. The number of benzene rings is 2. The molecule has 2 rings (SSSR count). The van der Waals surface area contributed by atoms with Crippen LogP contribution >= 0.6 is 35.0 Å². The third-order valence-electron chi connectivity index (χ3n) is 2.43. The van der Waals surface area contributed by atoms with Crippen LogP contribution in [0.2, 0.25) is 10.0 Å². The minimum atomic E-state index is 0.588. The van der Waals surface area contributed by atoms with Crippen molar-refractivity contribution in [3.8, 4) is 0 Å². The van der Waals surface area contributed by atoms with Gasteiger partial charge in [0.25, 0.3) is 0 Å². The molecule has 2 aromatic rings. The van der Waals surface area contributed by atoms with E-state index in [4.69, 9.17) is 23.2 Å². The number of nitrogens with one attached hydrogen (secondary N) is 1. The lowest BCUT2D eigenvalue weighted by Gasteiger charge is -2.05. The lowest BCUT2D eigenvalue weighted by molar-refractivity contribution is 0.817. The molecule has 1 N–H and O–H groups in total. The third-order valence-corrected chi connectivity index (χ3v) is 4.17. The highest BCUT2D eigenvalue weighted by molar-refractivity contribution is 7.99. The van der Waals surface area contributed by atoms with Crippen LogP contribution in [-0.4, -0.2) is 7.05 Å². The first-order valence-electron chi connectivity index (χ1n) is 5.55. The summed E-state index contributed by atoms with van der Waals surface area (Å²) in [5, 5.41) is 4.31. The quantitative estimate of drug-likeness (QED) is 0.864. The molecule has 0 atom stereocenters. The second-order valence-electron chi connectivity index (χ2n) is 3.85. The molecule has 0 heterocycles. The van der Waals surface area contributed by atoms with Gasteiger partial charge >= 0.3 is 0 Å². The van der Waals surface area contributed by atoms with E-state index in [1.54, 1.807) is 11.8 Å². The van der Waals surface area contributed by atoms with E-state index >= 15 is 0 Å². The summed E-state index contributed by atoms with van der Waals surface area (Å²) >= 11 is 13.6. The van der Waals surface area contributed by atoms with Gasteiger partial charge in [0.15, 0.2) is 0 Å². The number of rotatable bonds is 4. The normalized spacial score (nSPS) is 10.6. The van der Waals surface area contributed by atoms with E-state index in [-0.39, 0.29) is 0 Å². The summed E-state index contributed by atoms with van der Waals surface area (Å²) in [4.78, 5) is 2.28. The van der Waals surface area contributed by atoms with Crippen LogP contribution < -0.4 is 5.32 Å². The van der Waals surface area contributed by atoms with E-state index < -0.39 is 0 Å². The van der Waals surface area contributed by atoms with Gasteiger partial charge < -0.3 is 5.32 Å². The molecule has 0 saturated carbocycles. The molecule has 2 aromatic carbocycles. The van der Waals surface area contributed by atoms with Crippen LogP contribution in [0.15, 0.2) is 52.3 Å². The van der Waals surface area contributed by atoms with Crippen LogP contribution in [0.3, 0.4) is 0 Å². The van der Waals surface area contributed by atoms with E-state index in [2.05, 4.69) is 29.6 Å². The zero-order valence-corrected chi connectivity index (χ0v) is 12.2. The monoisotopic (exact) mass is 297 g/mol. The lowest BCUT2D eigenvalue weighted by Crippen LogP contribution is -2.04. The van der Waals surface area contributed by atoms with Crippen molar-refractivity contribution in [2.24, 2.45) is 0 Å². The van der Waals surface area contributed by atoms with Crippen molar-refractivity contribution in [3.63, 3.8) is 0 Å². The second kappa shape index (κ2) is 6.48. The highest BCUT2D eigenvalue weighted by Gasteiger charge is 2.02. The Bertz CT molecular complexity index is 526. The van der Waals surface area contributed by atoms with Crippen LogP contribution in [0, 0.1) is 0 Å². The van der Waals surface area contributed by atoms with E-state index in [1.807, 2.05) is 25.2 Å². The molecule has 18 heavy (non-hydrogen) atoms. The molecule has 0 unspecified atom stereocenters. The Morgan fingerprint density at radius 1 is 0.944 bits per heavy atom. The number of hydrogen-bond donors (Lipinski definition) is 1. The first-order chi connectivity index (χ1) is 8.69. The SMILES string of the molecule is CNCc1ccc(Sc2ccc(Cl)c(Cl)c2)cc1. The van der Waals surface area contributed by atoms with E-state index in [1.165, 1.54) is 10.5 Å². The fourth-order valence-electron chi connectivity index (χ4n) is 1.56. The second-order valence-corrected chi connectivity index (χ2v) is 5.81. The van der Waals surface area contributed by atoms with E-state index in [0.29, 0.717) is 10.0 Å². The predicted molar refractivity (Wildman–Crippen MR) is 79.8 cm³/mol. The van der Waals surface area contributed by atoms with Crippen molar-refractivity contribution >= 4 is 35.0 Å². The van der Waals surface area contributed by atoms with Crippen LogP contribution in [0.25, 0.3) is 0 Å². The Morgan fingerprint density at radius 3 is 2.22 bits per heavy atom. The predicted octanol–water partition coefficient (Wildman–Crippen LogP) is 4.86. The summed E-state index contributed by atoms with van der Waals surface area (Å²) in [6, 6.07) is 14.1. The highest BCUT2D eigenvalue weighted by Crippen LogP contribution is 2.32. The fraction of sp³-hybridized carbons (Fsp3) is 0.143. The van der Waals surface area contributed by atoms with Gasteiger partial charge in [0.1, 0.15) is 0 Å². The maximum absolute atomic E-state index is 5.99. The van der Waals surface area contributed by atoms with Crippen molar-refractivity contribution in [2.45, 2.75) is 16.3 Å². The molecule has 0 aliphatic rings. The van der Waals surface area contributed by atoms with Gasteiger partial charge in [-0.05, 0) is 42.9 Å². The summed E-state index contributed by atoms with van der Waals surface area (Å²) < 4.78 is 0. The molecule has 0 aromatic heterocycles. The Morgan fingerprint density at radius 2 is 1.61 bits per heavy atom. The summed E-state index contributed by atoms with van der Waals surface area (Å²) in [6.07, 6.45) is 0. The average Bonchev–Trinajstić information content (AvgIpc) is 2.37. The Labute approximate surface area is 121 Å². The summed E-state index contributed by atoms with van der Waals surface area (Å²) in [7, 11) is 1.94. The van der Waals surface area contributed by atoms with E-state index in [0.717, 1.165) is 11.4 Å². The Hall–Kier alpha value is -0.670. The summed E-state index contributed by atoms with van der Waals surface area (Å²) in [5.41, 5.74) is 1.27. The van der Waals surface area contributed by atoms with E-state index in [9.17, 15) is 0 Å². The maximum Gasteiger partial charge on any atom is 0.0603 e. The van der Waals surface area contributed by atoms with Gasteiger partial charge in [0.2, 0.25) is 0 Å². The van der Waals surface area contributed by atoms with Crippen LogP contribution in [0.4, 0.5) is 0 Å². The molecular weight excluding hydrogens is 285 g/mol. The van der Waals surface area contributed by atoms with Crippen molar-refractivity contribution in [1.82, 2.24) is 5.32 Å². The molecular formula is C14H13Cl2NS. The van der Waals surface area contributed by atoms with Crippen LogP contribution in [0.1, 0.15) is 5.56 Å². The summed E-state index contributed by atoms with van der Waals surface area (Å²) in [5.74, 6) is 0. The summed E-state index contributed by atoms with van der Waals surface area (Å²) in [6.45, 7) is 0.887. The van der Waals surface area contributed by atoms with Gasteiger partial charge in [0, 0.05) is 16.3 Å². The smallest absolute Gasteiger partial charge is 0.0603 e. The topological polar surface area (TPSA) is 12.0 Å². The van der Waals surface area contributed by atoms with Gasteiger partial charge in [0.05, 0.1) is 10.0 Å². The van der Waals surface area contributed by atoms with Crippen LogP contribution in [0.5, 0.6) is 0 Å². The molecule has 0 aliphatic heterocycles. The minimum Gasteiger partial charge on any atom is -0.316 e. The van der Waals surface area contributed by atoms with Gasteiger partial charge in [-0.2, -0.15) is 0 Å². The minimum absolute atomic E-state index is 0.588. The van der Waals surface area contributed by atoms with Crippen molar-refractivity contribution in [2.75, 3.05) is 7.05 Å². The molecule has 0 fully saturated rings. The number of hydrogen-bond acceptors (Lipinski definition) is 2. The van der Waals surface area contributed by atoms with Gasteiger partial charge in [-0.3, -0.25) is 0 Å². The molecule has 0 saturated heterocycles. The standard InChI is InChI=1S/C14H13Cl2NS/c1-17-9-10-2-4-11(5-3-10)18-12-6-7-13(15)14(16)8-12/h2-8,17H,9H2,1H3. The Kier molecular flexibility index (Phi) is 4.95. The molecule has 0 amide bonds. The fourth-order valence-corrected chi connectivity index (χ4v) is 2.78. The first-order valence-corrected chi connectivity index (χ1v) is 7.13. The molecule has 0 radical (unpaired) electrons. The largest absolute Gasteiger partial charge is 0.316 e. The zero-order valence-electron chi connectivity index (χ0n) is 9.91. The van der Waals surface area contributed by atoms with Gasteiger partial charge in [-0.15, -0.1) is 0 Å². The van der Waals surface area contributed by atoms with Gasteiger partial charge in [-0.1, -0.05) is 47.1 Å². The molecule has 94 valence electrons. The Balaban J connectivity index is 2.10. The van der Waals surface area contributed by atoms with Crippen molar-refractivity contribution in [3.05, 3.63) is 58.1 Å². The van der Waals surface area contributed by atoms with Crippen molar-refractivity contribution in [1.29, 1.82) is 0 Å². The van der Waals surface area contributed by atoms with Crippen LogP contribution in [-0.2, 0) is 6.54 Å². The molecule has 0 aliphatic carbocycles. The first kappa shape index (κ1) is 13.8. The maximum atomic E-state index is 5.99. The molecule has 1 nitrogen and oxygen atoms in total. The highest BCUT2D eigenvalue weighted by atomic mass is 35.5. The molecule has 0 bridgehead atoms. The molecule has 0 spiro atoms. The third kappa shape index (κ3) is 3.66.